The number of fused-ring (bicyclic) bond motifs is 1. The van der Waals surface area contributed by atoms with E-state index in [0.717, 1.165) is 24.1 Å². The van der Waals surface area contributed by atoms with Gasteiger partial charge in [-0.05, 0) is 36.2 Å². The molecule has 1 aliphatic rings. The Bertz CT molecular complexity index is 1280. The number of hydrogen-bond acceptors (Lipinski definition) is 5. The van der Waals surface area contributed by atoms with Crippen molar-refractivity contribution in [3.63, 3.8) is 0 Å². The SMILES string of the molecule is O=C1NCCC1c1ccc(Nc2nc(-c3c(F)cccc3F)nc3c[nH]c(O)c23)cc1. The number of carbonyl (C=O) groups is 1. The van der Waals surface area contributed by atoms with Gasteiger partial charge >= 0.3 is 0 Å². The zero-order chi connectivity index (χ0) is 21.5. The standard InChI is InChI=1S/C22H17F2N5O2/c23-14-2-1-3-15(24)17(14)19-28-16-10-26-22(31)18(16)20(29-19)27-12-6-4-11(5-7-12)13-8-9-25-21(13)30/h1-7,10,13,26,31H,8-9H2,(H,25,30)(H,27,28,29). The molecular weight excluding hydrogens is 404 g/mol. The first-order valence-electron chi connectivity index (χ1n) is 9.68. The van der Waals surface area contributed by atoms with Gasteiger partial charge in [-0.3, -0.25) is 4.79 Å². The summed E-state index contributed by atoms with van der Waals surface area (Å²) < 4.78 is 28.6. The van der Waals surface area contributed by atoms with Gasteiger partial charge in [0.1, 0.15) is 22.8 Å². The molecule has 9 heteroatoms. The summed E-state index contributed by atoms with van der Waals surface area (Å²) in [5.74, 6) is -1.88. The van der Waals surface area contributed by atoms with Gasteiger partial charge in [0.15, 0.2) is 5.82 Å². The van der Waals surface area contributed by atoms with Crippen molar-refractivity contribution in [3.8, 4) is 17.3 Å². The van der Waals surface area contributed by atoms with Crippen molar-refractivity contribution in [3.05, 3.63) is 65.9 Å². The number of benzene rings is 2. The Labute approximate surface area is 175 Å². The highest BCUT2D eigenvalue weighted by Crippen LogP contribution is 2.34. The average molecular weight is 421 g/mol. The highest BCUT2D eigenvalue weighted by molar-refractivity contribution is 5.96. The summed E-state index contributed by atoms with van der Waals surface area (Å²) in [7, 11) is 0. The van der Waals surface area contributed by atoms with Crippen molar-refractivity contribution in [2.24, 2.45) is 0 Å². The molecular formula is C22H17F2N5O2. The topological polar surface area (TPSA) is 103 Å². The molecule has 1 saturated heterocycles. The van der Waals surface area contributed by atoms with Crippen molar-refractivity contribution >= 4 is 28.3 Å². The average Bonchev–Trinajstić information content (AvgIpc) is 3.34. The molecule has 0 aliphatic carbocycles. The Morgan fingerprint density at radius 2 is 1.81 bits per heavy atom. The molecule has 2 aromatic carbocycles. The van der Waals surface area contributed by atoms with E-state index in [4.69, 9.17) is 0 Å². The van der Waals surface area contributed by atoms with Crippen LogP contribution in [0.15, 0.2) is 48.7 Å². The first-order valence-corrected chi connectivity index (χ1v) is 9.68. The van der Waals surface area contributed by atoms with Crippen molar-refractivity contribution in [1.82, 2.24) is 20.3 Å². The van der Waals surface area contributed by atoms with E-state index in [0.29, 0.717) is 23.1 Å². The number of nitrogens with zero attached hydrogens (tertiary/aromatic N) is 2. The number of rotatable bonds is 4. The number of hydrogen-bond donors (Lipinski definition) is 4. The van der Waals surface area contributed by atoms with Gasteiger partial charge in [0.25, 0.3) is 0 Å². The maximum atomic E-state index is 14.3. The lowest BCUT2D eigenvalue weighted by molar-refractivity contribution is -0.120. The van der Waals surface area contributed by atoms with Crippen molar-refractivity contribution in [1.29, 1.82) is 0 Å². The van der Waals surface area contributed by atoms with E-state index in [1.54, 1.807) is 12.1 Å². The molecule has 156 valence electrons. The van der Waals surface area contributed by atoms with Crippen LogP contribution in [0, 0.1) is 11.6 Å². The first kappa shape index (κ1) is 19.0. The van der Waals surface area contributed by atoms with Crippen LogP contribution >= 0.6 is 0 Å². The van der Waals surface area contributed by atoms with Gasteiger partial charge in [0, 0.05) is 18.4 Å². The number of halogens is 2. The van der Waals surface area contributed by atoms with Crippen LogP contribution in [0.5, 0.6) is 5.88 Å². The third-order valence-electron chi connectivity index (χ3n) is 5.33. The predicted octanol–water partition coefficient (Wildman–Crippen LogP) is 3.96. The van der Waals surface area contributed by atoms with E-state index in [2.05, 4.69) is 25.6 Å². The molecule has 7 nitrogen and oxygen atoms in total. The normalized spacial score (nSPS) is 15.9. The molecule has 1 atom stereocenters. The molecule has 0 saturated carbocycles. The highest BCUT2D eigenvalue weighted by Gasteiger charge is 2.25. The summed E-state index contributed by atoms with van der Waals surface area (Å²) in [5, 5.41) is 16.4. The maximum Gasteiger partial charge on any atom is 0.227 e. The lowest BCUT2D eigenvalue weighted by atomic mass is 9.97. The molecule has 1 unspecified atom stereocenters. The summed E-state index contributed by atoms with van der Waals surface area (Å²) in [5.41, 5.74) is 1.47. The molecule has 0 radical (unpaired) electrons. The van der Waals surface area contributed by atoms with Gasteiger partial charge in [0.05, 0.1) is 17.0 Å². The minimum atomic E-state index is -0.788. The summed E-state index contributed by atoms with van der Waals surface area (Å²) in [4.78, 5) is 23.0. The van der Waals surface area contributed by atoms with E-state index in [1.807, 2.05) is 12.1 Å². The summed E-state index contributed by atoms with van der Waals surface area (Å²) in [6, 6.07) is 10.8. The molecule has 1 aliphatic heterocycles. The number of aromatic amines is 1. The number of amides is 1. The smallest absolute Gasteiger partial charge is 0.227 e. The monoisotopic (exact) mass is 421 g/mol. The third kappa shape index (κ3) is 3.33. The summed E-state index contributed by atoms with van der Waals surface area (Å²) in [6.07, 6.45) is 2.18. The fraction of sp³-hybridized carbons (Fsp3) is 0.136. The molecule has 4 aromatic rings. The number of anilines is 2. The van der Waals surface area contributed by atoms with Crippen LogP contribution in [-0.4, -0.2) is 32.5 Å². The predicted molar refractivity (Wildman–Crippen MR) is 111 cm³/mol. The van der Waals surface area contributed by atoms with Crippen LogP contribution in [-0.2, 0) is 4.79 Å². The largest absolute Gasteiger partial charge is 0.494 e. The number of nitrogens with one attached hydrogen (secondary N) is 3. The molecule has 1 fully saturated rings. The van der Waals surface area contributed by atoms with Crippen LogP contribution in [0.3, 0.4) is 0 Å². The molecule has 0 spiro atoms. The van der Waals surface area contributed by atoms with Gasteiger partial charge in [-0.1, -0.05) is 18.2 Å². The lowest BCUT2D eigenvalue weighted by Crippen LogP contribution is -2.17. The Morgan fingerprint density at radius 3 is 2.48 bits per heavy atom. The van der Waals surface area contributed by atoms with Crippen molar-refractivity contribution in [2.75, 3.05) is 11.9 Å². The molecule has 0 bridgehead atoms. The Hall–Kier alpha value is -4.01. The van der Waals surface area contributed by atoms with E-state index in [-0.39, 0.29) is 34.9 Å². The van der Waals surface area contributed by atoms with E-state index in [9.17, 15) is 18.7 Å². The lowest BCUT2D eigenvalue weighted by Gasteiger charge is -2.12. The fourth-order valence-electron chi connectivity index (χ4n) is 3.79. The second-order valence-electron chi connectivity index (χ2n) is 7.27. The van der Waals surface area contributed by atoms with Crippen molar-refractivity contribution in [2.45, 2.75) is 12.3 Å². The van der Waals surface area contributed by atoms with E-state index >= 15 is 0 Å². The highest BCUT2D eigenvalue weighted by atomic mass is 19.1. The second-order valence-corrected chi connectivity index (χ2v) is 7.27. The number of aromatic hydroxyl groups is 1. The van der Waals surface area contributed by atoms with Crippen LogP contribution in [0.4, 0.5) is 20.3 Å². The fourth-order valence-corrected chi connectivity index (χ4v) is 3.79. The van der Waals surface area contributed by atoms with E-state index in [1.165, 1.54) is 12.3 Å². The molecule has 1 amide bonds. The van der Waals surface area contributed by atoms with Crippen LogP contribution in [0.2, 0.25) is 0 Å². The van der Waals surface area contributed by atoms with Crippen LogP contribution < -0.4 is 10.6 Å². The first-order chi connectivity index (χ1) is 15.0. The molecule has 31 heavy (non-hydrogen) atoms. The van der Waals surface area contributed by atoms with Crippen LogP contribution in [0.1, 0.15) is 17.9 Å². The van der Waals surface area contributed by atoms with Gasteiger partial charge in [-0.2, -0.15) is 0 Å². The van der Waals surface area contributed by atoms with E-state index < -0.39 is 11.6 Å². The minimum absolute atomic E-state index is 0.00650. The molecule has 4 N–H and O–H groups in total. The summed E-state index contributed by atoms with van der Waals surface area (Å²) >= 11 is 0. The quantitative estimate of drug-likeness (QED) is 0.400. The van der Waals surface area contributed by atoms with Crippen molar-refractivity contribution < 1.29 is 18.7 Å². The minimum Gasteiger partial charge on any atom is -0.494 e. The maximum absolute atomic E-state index is 14.3. The molecule has 5 rings (SSSR count). The Morgan fingerprint density at radius 1 is 1.06 bits per heavy atom. The van der Waals surface area contributed by atoms with Gasteiger partial charge in [-0.25, -0.2) is 18.7 Å². The van der Waals surface area contributed by atoms with Gasteiger partial charge < -0.3 is 20.7 Å². The summed E-state index contributed by atoms with van der Waals surface area (Å²) in [6.45, 7) is 0.657. The molecule has 2 aromatic heterocycles. The second kappa shape index (κ2) is 7.35. The number of carbonyl (C=O) groups excluding carboxylic acids is 1. The zero-order valence-electron chi connectivity index (χ0n) is 16.1. The number of H-pyrrole nitrogens is 1. The Balaban J connectivity index is 1.55. The molecule has 3 heterocycles. The van der Waals surface area contributed by atoms with Gasteiger partial charge in [-0.15, -0.1) is 0 Å². The zero-order valence-corrected chi connectivity index (χ0v) is 16.1. The third-order valence-corrected chi connectivity index (χ3v) is 5.33. The van der Waals surface area contributed by atoms with Gasteiger partial charge in [0.2, 0.25) is 11.8 Å². The van der Waals surface area contributed by atoms with Crippen LogP contribution in [0.25, 0.3) is 22.3 Å². The number of aromatic nitrogens is 3. The Kier molecular flexibility index (Phi) is 4.50.